The van der Waals surface area contributed by atoms with E-state index in [2.05, 4.69) is 20.6 Å². The van der Waals surface area contributed by atoms with Crippen LogP contribution in [0, 0.1) is 18.4 Å². The first-order valence-corrected chi connectivity index (χ1v) is 9.33. The number of aryl methyl sites for hydroxylation is 1. The van der Waals surface area contributed by atoms with Crippen LogP contribution in [0.2, 0.25) is 5.02 Å². The quantitative estimate of drug-likeness (QED) is 0.221. The van der Waals surface area contributed by atoms with Gasteiger partial charge in [-0.25, -0.2) is 4.99 Å². The number of rotatable bonds is 9. The van der Waals surface area contributed by atoms with Gasteiger partial charge in [0.05, 0.1) is 12.3 Å². The summed E-state index contributed by atoms with van der Waals surface area (Å²) in [5, 5.41) is 15.3. The number of pyridine rings is 1. The Morgan fingerprint density at radius 2 is 1.96 bits per heavy atom. The van der Waals surface area contributed by atoms with Crippen molar-refractivity contribution in [1.82, 2.24) is 15.6 Å². The van der Waals surface area contributed by atoms with Crippen LogP contribution in [0.25, 0.3) is 0 Å². The van der Waals surface area contributed by atoms with Gasteiger partial charge >= 0.3 is 0 Å². The van der Waals surface area contributed by atoms with Crippen molar-refractivity contribution in [3.05, 3.63) is 53.3 Å². The number of nitrogens with zero attached hydrogens (tertiary/aromatic N) is 3. The average molecular weight is 386 g/mol. The molecule has 0 saturated carbocycles. The summed E-state index contributed by atoms with van der Waals surface area (Å²) in [5.74, 6) is 1.31. The summed E-state index contributed by atoms with van der Waals surface area (Å²) in [7, 11) is 0. The van der Waals surface area contributed by atoms with Gasteiger partial charge in [-0.05, 0) is 55.7 Å². The van der Waals surface area contributed by atoms with Gasteiger partial charge in [0.2, 0.25) is 5.96 Å². The predicted octanol–water partition coefficient (Wildman–Crippen LogP) is 4.33. The fraction of sp³-hybridized carbons (Fsp3) is 0.350. The second-order valence-electron chi connectivity index (χ2n) is 6.00. The first-order valence-electron chi connectivity index (χ1n) is 8.95. The molecule has 1 aromatic carbocycles. The molecule has 0 saturated heterocycles. The van der Waals surface area contributed by atoms with Crippen molar-refractivity contribution >= 4 is 23.2 Å². The van der Waals surface area contributed by atoms with Crippen LogP contribution >= 0.6 is 11.6 Å². The summed E-state index contributed by atoms with van der Waals surface area (Å²) in [6.07, 6.45) is 9.36. The number of benzene rings is 1. The smallest absolute Gasteiger partial charge is 0.209 e. The van der Waals surface area contributed by atoms with E-state index in [4.69, 9.17) is 21.6 Å². The Kier molecular flexibility index (Phi) is 8.94. The molecule has 6 nitrogen and oxygen atoms in total. The lowest BCUT2D eigenvalue weighted by Crippen LogP contribution is -2.34. The van der Waals surface area contributed by atoms with Crippen LogP contribution in [0.5, 0.6) is 5.75 Å². The van der Waals surface area contributed by atoms with E-state index in [0.717, 1.165) is 54.3 Å². The third-order valence-corrected chi connectivity index (χ3v) is 4.26. The van der Waals surface area contributed by atoms with E-state index in [-0.39, 0.29) is 0 Å². The van der Waals surface area contributed by atoms with Crippen molar-refractivity contribution in [3.63, 3.8) is 0 Å². The number of aromatic nitrogens is 1. The van der Waals surface area contributed by atoms with Crippen LogP contribution in [0.3, 0.4) is 0 Å². The fourth-order valence-electron chi connectivity index (χ4n) is 2.40. The third kappa shape index (κ3) is 7.97. The Hall–Kier alpha value is -2.78. The number of halogens is 1. The number of nitriles is 1. The average Bonchev–Trinajstić information content (AvgIpc) is 2.67. The lowest BCUT2D eigenvalue weighted by atomic mass is 10.2. The van der Waals surface area contributed by atoms with E-state index in [1.807, 2.05) is 31.3 Å². The van der Waals surface area contributed by atoms with E-state index in [0.29, 0.717) is 12.6 Å². The molecule has 27 heavy (non-hydrogen) atoms. The van der Waals surface area contributed by atoms with Gasteiger partial charge in [-0.2, -0.15) is 5.26 Å². The van der Waals surface area contributed by atoms with Gasteiger partial charge in [0.15, 0.2) is 6.19 Å². The van der Waals surface area contributed by atoms with Gasteiger partial charge in [-0.3, -0.25) is 10.3 Å². The molecule has 0 aliphatic carbocycles. The summed E-state index contributed by atoms with van der Waals surface area (Å²) >= 11 is 6.01. The molecule has 1 heterocycles. The molecular formula is C20H24ClN5O. The zero-order valence-corrected chi connectivity index (χ0v) is 16.2. The molecule has 0 amide bonds. The highest BCUT2D eigenvalue weighted by atomic mass is 35.5. The van der Waals surface area contributed by atoms with Crippen LogP contribution in [-0.2, 0) is 0 Å². The number of nitrogens with one attached hydrogen (secondary N) is 2. The maximum Gasteiger partial charge on any atom is 0.209 e. The summed E-state index contributed by atoms with van der Waals surface area (Å²) in [6.45, 7) is 3.41. The molecule has 2 rings (SSSR count). The first-order chi connectivity index (χ1) is 13.2. The van der Waals surface area contributed by atoms with Crippen molar-refractivity contribution < 1.29 is 4.74 Å². The summed E-state index contributed by atoms with van der Waals surface area (Å²) in [6, 6.07) is 9.27. The molecule has 0 fully saturated rings. The monoisotopic (exact) mass is 385 g/mol. The predicted molar refractivity (Wildman–Crippen MR) is 108 cm³/mol. The van der Waals surface area contributed by atoms with Crippen molar-refractivity contribution in [3.8, 4) is 11.9 Å². The number of hydrogen-bond donors (Lipinski definition) is 2. The summed E-state index contributed by atoms with van der Waals surface area (Å²) in [5.41, 5.74) is 1.76. The van der Waals surface area contributed by atoms with Crippen molar-refractivity contribution in [2.45, 2.75) is 32.6 Å². The highest BCUT2D eigenvalue weighted by Gasteiger charge is 2.00. The number of unbranched alkanes of at least 4 members (excludes halogenated alkanes) is 3. The minimum atomic E-state index is 0.449. The Morgan fingerprint density at radius 3 is 2.70 bits per heavy atom. The van der Waals surface area contributed by atoms with Crippen molar-refractivity contribution in [2.75, 3.05) is 13.2 Å². The van der Waals surface area contributed by atoms with Crippen LogP contribution in [0.1, 0.15) is 31.2 Å². The minimum Gasteiger partial charge on any atom is -0.494 e. The molecule has 2 aromatic rings. The van der Waals surface area contributed by atoms with Crippen LogP contribution in [0.4, 0.5) is 5.69 Å². The van der Waals surface area contributed by atoms with Crippen LogP contribution < -0.4 is 15.4 Å². The number of hydrogen-bond acceptors (Lipinski definition) is 4. The molecule has 0 bridgehead atoms. The second kappa shape index (κ2) is 11.8. The number of aliphatic imine (C=N–C) groups is 1. The van der Waals surface area contributed by atoms with Crippen molar-refractivity contribution in [1.29, 1.82) is 5.26 Å². The van der Waals surface area contributed by atoms with Gasteiger partial charge in [-0.1, -0.05) is 24.4 Å². The van der Waals surface area contributed by atoms with Crippen molar-refractivity contribution in [2.24, 2.45) is 4.99 Å². The second-order valence-corrected chi connectivity index (χ2v) is 6.41. The first kappa shape index (κ1) is 20.5. The highest BCUT2D eigenvalue weighted by Crippen LogP contribution is 2.21. The minimum absolute atomic E-state index is 0.449. The number of ether oxygens (including phenoxy) is 1. The van der Waals surface area contributed by atoms with E-state index in [1.165, 1.54) is 0 Å². The largest absolute Gasteiger partial charge is 0.494 e. The molecule has 0 radical (unpaired) electrons. The van der Waals surface area contributed by atoms with E-state index >= 15 is 0 Å². The summed E-state index contributed by atoms with van der Waals surface area (Å²) < 4.78 is 5.74. The topological polar surface area (TPSA) is 82.3 Å². The van der Waals surface area contributed by atoms with Gasteiger partial charge in [-0.15, -0.1) is 0 Å². The zero-order valence-electron chi connectivity index (χ0n) is 15.4. The van der Waals surface area contributed by atoms with Gasteiger partial charge in [0, 0.05) is 24.0 Å². The molecule has 2 N–H and O–H groups in total. The standard InChI is InChI=1S/C20H24ClN5O/c1-16-14-18(6-7-19(16)21)27-13-5-3-2-4-10-24-20(25-15-22)26-17-8-11-23-12-9-17/h6-9,11-12,14H,2-5,10,13H2,1H3,(H2,23,24,25,26). The molecule has 1 aromatic heterocycles. The molecule has 0 aliphatic rings. The SMILES string of the molecule is Cc1cc(OCCCCCCNC(=Nc2ccncc2)NC#N)ccc1Cl. The third-order valence-electron chi connectivity index (χ3n) is 3.84. The molecule has 0 unspecified atom stereocenters. The molecule has 7 heteroatoms. The van der Waals surface area contributed by atoms with E-state index in [1.54, 1.807) is 24.5 Å². The Balaban J connectivity index is 1.59. The van der Waals surface area contributed by atoms with Crippen LogP contribution in [-0.4, -0.2) is 24.1 Å². The normalized spacial score (nSPS) is 10.9. The molecule has 0 spiro atoms. The zero-order chi connectivity index (χ0) is 19.3. The van der Waals surface area contributed by atoms with E-state index < -0.39 is 0 Å². The maximum absolute atomic E-state index is 8.83. The molecule has 0 atom stereocenters. The Labute approximate surface area is 165 Å². The number of guanidine groups is 1. The summed E-state index contributed by atoms with van der Waals surface area (Å²) in [4.78, 5) is 8.29. The Morgan fingerprint density at radius 1 is 1.19 bits per heavy atom. The van der Waals surface area contributed by atoms with E-state index in [9.17, 15) is 0 Å². The van der Waals surface area contributed by atoms with Gasteiger partial charge in [0.25, 0.3) is 0 Å². The fourth-order valence-corrected chi connectivity index (χ4v) is 2.51. The Bertz CT molecular complexity index is 774. The maximum atomic E-state index is 8.83. The van der Waals surface area contributed by atoms with Gasteiger partial charge in [0.1, 0.15) is 5.75 Å². The van der Waals surface area contributed by atoms with Crippen LogP contribution in [0.15, 0.2) is 47.7 Å². The lowest BCUT2D eigenvalue weighted by molar-refractivity contribution is 0.304. The molecule has 142 valence electrons. The molecular weight excluding hydrogens is 362 g/mol. The molecule has 0 aliphatic heterocycles. The lowest BCUT2D eigenvalue weighted by Gasteiger charge is -2.09. The van der Waals surface area contributed by atoms with Gasteiger partial charge < -0.3 is 10.1 Å². The highest BCUT2D eigenvalue weighted by molar-refractivity contribution is 6.31.